The van der Waals surface area contributed by atoms with Crippen LogP contribution in [0.1, 0.15) is 91.9 Å². The van der Waals surface area contributed by atoms with Gasteiger partial charge in [0.05, 0.1) is 6.10 Å². The van der Waals surface area contributed by atoms with Crippen LogP contribution in [0.2, 0.25) is 0 Å². The van der Waals surface area contributed by atoms with Gasteiger partial charge in [0.25, 0.3) is 0 Å². The molecular formula is C24H44O2. The van der Waals surface area contributed by atoms with Crippen molar-refractivity contribution in [3.63, 3.8) is 0 Å². The SMILES string of the molecule is CCCC1(CC)C(CCOC)CCC2C3CCC(C(C)O)C3(C)CCC21. The monoisotopic (exact) mass is 364 g/mol. The third-order valence-corrected chi connectivity index (χ3v) is 9.54. The standard InChI is InChI=1S/C24H44O2/c1-6-14-24(7-2)18(13-16-26-5)8-9-19-21-11-10-20(17(3)25)23(21,4)15-12-22(19)24/h17-22,25H,6-16H2,1-5H3. The molecule has 3 aliphatic carbocycles. The van der Waals surface area contributed by atoms with Crippen LogP contribution in [0.4, 0.5) is 0 Å². The highest BCUT2D eigenvalue weighted by atomic mass is 16.5. The summed E-state index contributed by atoms with van der Waals surface area (Å²) in [5, 5.41) is 10.4. The Hall–Kier alpha value is -0.0800. The van der Waals surface area contributed by atoms with Crippen LogP contribution in [0.3, 0.4) is 0 Å². The van der Waals surface area contributed by atoms with Crippen LogP contribution in [0, 0.1) is 40.4 Å². The zero-order chi connectivity index (χ0) is 18.9. The molecule has 26 heavy (non-hydrogen) atoms. The average Bonchev–Trinajstić information content (AvgIpc) is 2.98. The summed E-state index contributed by atoms with van der Waals surface area (Å²) in [6.07, 6.45) is 13.4. The first kappa shape index (κ1) is 20.6. The van der Waals surface area contributed by atoms with E-state index >= 15 is 0 Å². The Labute approximate surface area is 162 Å². The van der Waals surface area contributed by atoms with Gasteiger partial charge in [0.15, 0.2) is 0 Å². The molecule has 0 saturated heterocycles. The van der Waals surface area contributed by atoms with Crippen molar-refractivity contribution in [2.45, 2.75) is 98.0 Å². The summed E-state index contributed by atoms with van der Waals surface area (Å²) >= 11 is 0. The number of hydrogen-bond acceptors (Lipinski definition) is 2. The Morgan fingerprint density at radius 1 is 1.08 bits per heavy atom. The highest BCUT2D eigenvalue weighted by molar-refractivity contribution is 5.09. The predicted molar refractivity (Wildman–Crippen MR) is 109 cm³/mol. The molecule has 8 unspecified atom stereocenters. The van der Waals surface area contributed by atoms with Crippen molar-refractivity contribution >= 4 is 0 Å². The third-order valence-electron chi connectivity index (χ3n) is 9.54. The van der Waals surface area contributed by atoms with Crippen LogP contribution < -0.4 is 0 Å². The molecule has 152 valence electrons. The molecule has 0 heterocycles. The van der Waals surface area contributed by atoms with Crippen LogP contribution in [0.15, 0.2) is 0 Å². The number of aliphatic hydroxyl groups excluding tert-OH is 1. The summed E-state index contributed by atoms with van der Waals surface area (Å²) < 4.78 is 5.49. The highest BCUT2D eigenvalue weighted by Gasteiger charge is 2.60. The van der Waals surface area contributed by atoms with Crippen molar-refractivity contribution in [3.05, 3.63) is 0 Å². The number of fused-ring (bicyclic) bond motifs is 3. The number of methoxy groups -OCH3 is 1. The molecule has 1 N–H and O–H groups in total. The molecule has 3 saturated carbocycles. The maximum atomic E-state index is 10.4. The summed E-state index contributed by atoms with van der Waals surface area (Å²) in [6, 6.07) is 0. The van der Waals surface area contributed by atoms with Crippen LogP contribution in [-0.4, -0.2) is 24.9 Å². The highest BCUT2D eigenvalue weighted by Crippen LogP contribution is 2.67. The molecular weight excluding hydrogens is 320 g/mol. The van der Waals surface area contributed by atoms with Crippen LogP contribution >= 0.6 is 0 Å². The smallest absolute Gasteiger partial charge is 0.0545 e. The summed E-state index contributed by atoms with van der Waals surface area (Å²) in [5.74, 6) is 4.05. The molecule has 2 nitrogen and oxygen atoms in total. The van der Waals surface area contributed by atoms with E-state index in [1.165, 1.54) is 64.2 Å². The largest absolute Gasteiger partial charge is 0.393 e. The van der Waals surface area contributed by atoms with E-state index in [1.807, 2.05) is 14.0 Å². The molecule has 0 aromatic carbocycles. The van der Waals surface area contributed by atoms with Gasteiger partial charge >= 0.3 is 0 Å². The van der Waals surface area contributed by atoms with Gasteiger partial charge in [0.2, 0.25) is 0 Å². The molecule has 0 spiro atoms. The molecule has 2 heteroatoms. The molecule has 0 bridgehead atoms. The molecule has 0 aliphatic heterocycles. The van der Waals surface area contributed by atoms with E-state index in [2.05, 4.69) is 20.8 Å². The minimum absolute atomic E-state index is 0.133. The van der Waals surface area contributed by atoms with Gasteiger partial charge in [0.1, 0.15) is 0 Å². The molecule has 0 aromatic heterocycles. The zero-order valence-electron chi connectivity index (χ0n) is 18.1. The van der Waals surface area contributed by atoms with E-state index in [0.29, 0.717) is 16.7 Å². The minimum Gasteiger partial charge on any atom is -0.393 e. The number of rotatable bonds is 7. The predicted octanol–water partition coefficient (Wildman–Crippen LogP) is 6.07. The zero-order valence-corrected chi connectivity index (χ0v) is 18.1. The summed E-state index contributed by atoms with van der Waals surface area (Å²) in [5.41, 5.74) is 0.931. The lowest BCUT2D eigenvalue weighted by atomic mass is 9.44. The molecule has 3 fully saturated rings. The topological polar surface area (TPSA) is 29.5 Å². The quantitative estimate of drug-likeness (QED) is 0.594. The van der Waals surface area contributed by atoms with Gasteiger partial charge < -0.3 is 9.84 Å². The number of ether oxygens (including phenoxy) is 1. The van der Waals surface area contributed by atoms with Crippen LogP contribution in [-0.2, 0) is 4.74 Å². The van der Waals surface area contributed by atoms with E-state index in [-0.39, 0.29) is 6.10 Å². The third kappa shape index (κ3) is 3.17. The van der Waals surface area contributed by atoms with E-state index in [4.69, 9.17) is 4.74 Å². The Balaban J connectivity index is 1.88. The first-order valence-corrected chi connectivity index (χ1v) is 11.6. The first-order chi connectivity index (χ1) is 12.4. The van der Waals surface area contributed by atoms with Crippen molar-refractivity contribution in [1.29, 1.82) is 0 Å². The minimum atomic E-state index is -0.133. The van der Waals surface area contributed by atoms with Gasteiger partial charge in [-0.25, -0.2) is 0 Å². The fourth-order valence-corrected chi connectivity index (χ4v) is 8.50. The molecule has 3 aliphatic rings. The van der Waals surface area contributed by atoms with E-state index in [9.17, 15) is 5.11 Å². The maximum Gasteiger partial charge on any atom is 0.0545 e. The Bertz CT molecular complexity index is 461. The Kier molecular flexibility index (Phi) is 6.44. The second kappa shape index (κ2) is 8.11. The molecule has 0 amide bonds. The van der Waals surface area contributed by atoms with Crippen LogP contribution in [0.25, 0.3) is 0 Å². The maximum absolute atomic E-state index is 10.4. The van der Waals surface area contributed by atoms with Gasteiger partial charge in [0, 0.05) is 13.7 Å². The fraction of sp³-hybridized carbons (Fsp3) is 1.00. The molecule has 0 radical (unpaired) electrons. The Morgan fingerprint density at radius 2 is 1.85 bits per heavy atom. The van der Waals surface area contributed by atoms with E-state index < -0.39 is 0 Å². The van der Waals surface area contributed by atoms with Crippen molar-refractivity contribution < 1.29 is 9.84 Å². The van der Waals surface area contributed by atoms with Crippen molar-refractivity contribution in [2.24, 2.45) is 40.4 Å². The second-order valence-electron chi connectivity index (χ2n) is 10.2. The Morgan fingerprint density at radius 3 is 2.46 bits per heavy atom. The lowest BCUT2D eigenvalue weighted by molar-refractivity contribution is -0.122. The normalized spacial score (nSPS) is 46.6. The molecule has 0 aromatic rings. The van der Waals surface area contributed by atoms with Gasteiger partial charge in [-0.05, 0) is 105 Å². The van der Waals surface area contributed by atoms with Gasteiger partial charge in [-0.1, -0.05) is 27.2 Å². The van der Waals surface area contributed by atoms with E-state index in [0.717, 1.165) is 30.3 Å². The van der Waals surface area contributed by atoms with E-state index in [1.54, 1.807) is 0 Å². The lowest BCUT2D eigenvalue weighted by Crippen LogP contribution is -2.53. The summed E-state index contributed by atoms with van der Waals surface area (Å²) in [7, 11) is 1.86. The summed E-state index contributed by atoms with van der Waals surface area (Å²) in [6.45, 7) is 10.4. The molecule has 8 atom stereocenters. The van der Waals surface area contributed by atoms with Crippen molar-refractivity contribution in [2.75, 3.05) is 13.7 Å². The second-order valence-corrected chi connectivity index (χ2v) is 10.2. The van der Waals surface area contributed by atoms with Gasteiger partial charge in [-0.3, -0.25) is 0 Å². The van der Waals surface area contributed by atoms with Crippen molar-refractivity contribution in [1.82, 2.24) is 0 Å². The van der Waals surface area contributed by atoms with Gasteiger partial charge in [-0.15, -0.1) is 0 Å². The van der Waals surface area contributed by atoms with Crippen molar-refractivity contribution in [3.8, 4) is 0 Å². The fourth-order valence-electron chi connectivity index (χ4n) is 8.50. The number of aliphatic hydroxyl groups is 1. The lowest BCUT2D eigenvalue weighted by Gasteiger charge is -2.60. The first-order valence-electron chi connectivity index (χ1n) is 11.6. The average molecular weight is 365 g/mol. The van der Waals surface area contributed by atoms with Gasteiger partial charge in [-0.2, -0.15) is 0 Å². The summed E-state index contributed by atoms with van der Waals surface area (Å²) in [4.78, 5) is 0. The molecule has 3 rings (SSSR count). The van der Waals surface area contributed by atoms with Crippen LogP contribution in [0.5, 0.6) is 0 Å². The number of hydrogen-bond donors (Lipinski definition) is 1.